The molecule has 5 rings (SSSR count). The Labute approximate surface area is 189 Å². The average Bonchev–Trinajstić information content (AvgIpc) is 3.27. The van der Waals surface area contributed by atoms with Crippen LogP contribution in [0.4, 0.5) is 5.13 Å². The molecule has 0 fully saturated rings. The maximum atomic E-state index is 12.6. The van der Waals surface area contributed by atoms with Crippen LogP contribution in [0.2, 0.25) is 0 Å². The lowest BCUT2D eigenvalue weighted by Gasteiger charge is -2.06. The fourth-order valence-corrected chi connectivity index (χ4v) is 4.43. The van der Waals surface area contributed by atoms with Gasteiger partial charge in [-0.3, -0.25) is 5.43 Å². The Hall–Kier alpha value is -3.77. The molecule has 5 nitrogen and oxygen atoms in total. The number of fused-ring (bicyclic) bond motifs is 3. The van der Waals surface area contributed by atoms with Gasteiger partial charge in [0.1, 0.15) is 5.58 Å². The molecule has 158 valence electrons. The van der Waals surface area contributed by atoms with Crippen LogP contribution in [-0.2, 0) is 0 Å². The van der Waals surface area contributed by atoms with Crippen LogP contribution < -0.4 is 11.1 Å². The number of nitrogens with one attached hydrogen (secondary N) is 1. The first-order valence-corrected chi connectivity index (χ1v) is 11.2. The third kappa shape index (κ3) is 3.69. The molecule has 5 aromatic rings. The molecule has 0 aliphatic heterocycles. The van der Waals surface area contributed by atoms with Crippen molar-refractivity contribution in [3.05, 3.63) is 93.2 Å². The lowest BCUT2D eigenvalue weighted by atomic mass is 10.0. The second-order valence-electron chi connectivity index (χ2n) is 7.81. The number of hydrogen-bond acceptors (Lipinski definition) is 6. The standard InChI is InChI=1S/C26H21N3O2S/c1-15-8-9-16(2)20(12-15)23-14-32-26(27-23)29-28-17(3)21-13-22-19-7-5-4-6-18(19)10-11-24(22)31-25(21)30/h4-14H,1-3H3,(H,27,29)/b28-17-. The van der Waals surface area contributed by atoms with Gasteiger partial charge in [-0.25, -0.2) is 9.78 Å². The summed E-state index contributed by atoms with van der Waals surface area (Å²) in [6, 6.07) is 20.0. The Balaban J connectivity index is 1.47. The van der Waals surface area contributed by atoms with Crippen LogP contribution >= 0.6 is 11.3 Å². The van der Waals surface area contributed by atoms with Gasteiger partial charge >= 0.3 is 5.63 Å². The van der Waals surface area contributed by atoms with Crippen molar-refractivity contribution in [2.24, 2.45) is 5.10 Å². The van der Waals surface area contributed by atoms with Gasteiger partial charge < -0.3 is 4.42 Å². The fourth-order valence-electron chi connectivity index (χ4n) is 3.78. The maximum Gasteiger partial charge on any atom is 0.345 e. The summed E-state index contributed by atoms with van der Waals surface area (Å²) in [5.41, 5.74) is 8.49. The van der Waals surface area contributed by atoms with Crippen molar-refractivity contribution < 1.29 is 4.42 Å². The summed E-state index contributed by atoms with van der Waals surface area (Å²) >= 11 is 1.47. The Bertz CT molecular complexity index is 1560. The van der Waals surface area contributed by atoms with E-state index in [0.29, 0.717) is 22.0 Å². The van der Waals surface area contributed by atoms with Crippen LogP contribution in [-0.4, -0.2) is 10.7 Å². The number of hydrogen-bond donors (Lipinski definition) is 1. The average molecular weight is 440 g/mol. The highest BCUT2D eigenvalue weighted by atomic mass is 32.1. The highest BCUT2D eigenvalue weighted by Crippen LogP contribution is 2.28. The third-order valence-corrected chi connectivity index (χ3v) is 6.27. The zero-order valence-electron chi connectivity index (χ0n) is 18.0. The first-order valence-electron chi connectivity index (χ1n) is 10.3. The van der Waals surface area contributed by atoms with E-state index in [-0.39, 0.29) is 0 Å². The van der Waals surface area contributed by atoms with E-state index in [1.807, 2.05) is 47.8 Å². The van der Waals surface area contributed by atoms with Gasteiger partial charge in [0, 0.05) is 16.3 Å². The van der Waals surface area contributed by atoms with Gasteiger partial charge in [0.15, 0.2) is 0 Å². The van der Waals surface area contributed by atoms with Gasteiger partial charge in [0.25, 0.3) is 0 Å². The minimum absolute atomic E-state index is 0.411. The molecular weight excluding hydrogens is 418 g/mol. The summed E-state index contributed by atoms with van der Waals surface area (Å²) in [6.07, 6.45) is 0. The molecule has 32 heavy (non-hydrogen) atoms. The second-order valence-corrected chi connectivity index (χ2v) is 8.67. The second kappa shape index (κ2) is 8.05. The van der Waals surface area contributed by atoms with Crippen molar-refractivity contribution in [1.29, 1.82) is 0 Å². The molecule has 6 heteroatoms. The number of hydrazone groups is 1. The van der Waals surface area contributed by atoms with Crippen molar-refractivity contribution in [2.75, 3.05) is 5.43 Å². The van der Waals surface area contributed by atoms with Crippen LogP contribution in [0.25, 0.3) is 33.0 Å². The highest BCUT2D eigenvalue weighted by molar-refractivity contribution is 7.14. The van der Waals surface area contributed by atoms with Gasteiger partial charge in [-0.15, -0.1) is 11.3 Å². The van der Waals surface area contributed by atoms with Gasteiger partial charge in [-0.2, -0.15) is 5.10 Å². The number of benzene rings is 3. The Morgan fingerprint density at radius 3 is 2.75 bits per heavy atom. The Kier molecular flexibility index (Phi) is 5.07. The van der Waals surface area contributed by atoms with E-state index in [2.05, 4.69) is 47.6 Å². The van der Waals surface area contributed by atoms with Crippen LogP contribution in [0.15, 0.2) is 80.4 Å². The SMILES string of the molecule is C/C(=N/Nc1nc(-c2cc(C)ccc2C)cs1)c1cc2c(ccc3ccccc32)oc1=O. The topological polar surface area (TPSA) is 67.5 Å². The normalized spacial score (nSPS) is 11.9. The van der Waals surface area contributed by atoms with Crippen LogP contribution in [0.3, 0.4) is 0 Å². The lowest BCUT2D eigenvalue weighted by Crippen LogP contribution is -2.13. The number of nitrogens with zero attached hydrogens (tertiary/aromatic N) is 2. The Morgan fingerprint density at radius 2 is 1.88 bits per heavy atom. The largest absolute Gasteiger partial charge is 0.422 e. The molecule has 0 saturated carbocycles. The minimum Gasteiger partial charge on any atom is -0.422 e. The first kappa shape index (κ1) is 20.2. The molecular formula is C26H21N3O2S. The number of aryl methyl sites for hydroxylation is 2. The van der Waals surface area contributed by atoms with Crippen molar-refractivity contribution >= 4 is 43.9 Å². The number of aromatic nitrogens is 1. The van der Waals surface area contributed by atoms with Crippen molar-refractivity contribution in [3.8, 4) is 11.3 Å². The molecule has 0 aliphatic rings. The molecule has 0 bridgehead atoms. The van der Waals surface area contributed by atoms with E-state index in [9.17, 15) is 4.79 Å². The molecule has 1 N–H and O–H groups in total. The molecule has 0 atom stereocenters. The summed E-state index contributed by atoms with van der Waals surface area (Å²) in [4.78, 5) is 17.3. The molecule has 0 amide bonds. The molecule has 2 heterocycles. The smallest absolute Gasteiger partial charge is 0.345 e. The van der Waals surface area contributed by atoms with E-state index in [4.69, 9.17) is 4.42 Å². The summed E-state index contributed by atoms with van der Waals surface area (Å²) in [6.45, 7) is 5.93. The molecule has 0 saturated heterocycles. The zero-order chi connectivity index (χ0) is 22.2. The number of thiazole rings is 1. The lowest BCUT2D eigenvalue weighted by molar-refractivity contribution is 0.559. The van der Waals surface area contributed by atoms with E-state index in [1.165, 1.54) is 22.5 Å². The van der Waals surface area contributed by atoms with Gasteiger partial charge in [0.2, 0.25) is 5.13 Å². The molecule has 0 unspecified atom stereocenters. The van der Waals surface area contributed by atoms with Crippen LogP contribution in [0.1, 0.15) is 23.6 Å². The van der Waals surface area contributed by atoms with E-state index in [1.54, 1.807) is 6.92 Å². The molecule has 0 aliphatic carbocycles. The predicted octanol–water partition coefficient (Wildman–Crippen LogP) is 6.52. The molecule has 0 spiro atoms. The summed E-state index contributed by atoms with van der Waals surface area (Å²) in [5, 5.41) is 10.1. The molecule has 3 aromatic carbocycles. The van der Waals surface area contributed by atoms with E-state index < -0.39 is 5.63 Å². The van der Waals surface area contributed by atoms with Crippen LogP contribution in [0, 0.1) is 13.8 Å². The summed E-state index contributed by atoms with van der Waals surface area (Å²) in [7, 11) is 0. The zero-order valence-corrected chi connectivity index (χ0v) is 18.8. The van der Waals surface area contributed by atoms with Gasteiger partial charge in [0.05, 0.1) is 17.0 Å². The van der Waals surface area contributed by atoms with Crippen LogP contribution in [0.5, 0.6) is 0 Å². The molecule has 2 aromatic heterocycles. The third-order valence-electron chi connectivity index (χ3n) is 5.52. The van der Waals surface area contributed by atoms with E-state index in [0.717, 1.165) is 27.4 Å². The maximum absolute atomic E-state index is 12.6. The summed E-state index contributed by atoms with van der Waals surface area (Å²) in [5.74, 6) is 0. The predicted molar refractivity (Wildman–Crippen MR) is 133 cm³/mol. The van der Waals surface area contributed by atoms with Crippen molar-refractivity contribution in [2.45, 2.75) is 20.8 Å². The van der Waals surface area contributed by atoms with E-state index >= 15 is 0 Å². The number of anilines is 1. The van der Waals surface area contributed by atoms with Crippen molar-refractivity contribution in [1.82, 2.24) is 4.98 Å². The first-order chi connectivity index (χ1) is 15.5. The van der Waals surface area contributed by atoms with Gasteiger partial charge in [-0.05, 0) is 55.3 Å². The fraction of sp³-hybridized carbons (Fsp3) is 0.115. The minimum atomic E-state index is -0.411. The highest BCUT2D eigenvalue weighted by Gasteiger charge is 2.12. The quantitative estimate of drug-likeness (QED) is 0.150. The molecule has 0 radical (unpaired) electrons. The van der Waals surface area contributed by atoms with Gasteiger partial charge in [-0.1, -0.05) is 48.0 Å². The Morgan fingerprint density at radius 1 is 1.03 bits per heavy atom. The summed E-state index contributed by atoms with van der Waals surface area (Å²) < 4.78 is 5.58. The van der Waals surface area contributed by atoms with Crippen molar-refractivity contribution in [3.63, 3.8) is 0 Å². The number of rotatable bonds is 4. The monoisotopic (exact) mass is 439 g/mol.